The number of methoxy groups -OCH3 is 1. The summed E-state index contributed by atoms with van der Waals surface area (Å²) < 4.78 is 43.5. The Morgan fingerprint density at radius 3 is 1.57 bits per heavy atom. The molecule has 0 unspecified atom stereocenters. The maximum absolute atomic E-state index is 7.50. The van der Waals surface area contributed by atoms with Crippen molar-refractivity contribution in [2.45, 2.75) is 0 Å². The zero-order chi connectivity index (χ0) is 19.7. The first-order valence-corrected chi connectivity index (χ1v) is 6.60. The van der Waals surface area contributed by atoms with Gasteiger partial charge in [-0.1, -0.05) is 0 Å². The zero-order valence-electron chi connectivity index (χ0n) is 11.7. The van der Waals surface area contributed by atoms with Gasteiger partial charge >= 0.3 is 150 Å². The summed E-state index contributed by atoms with van der Waals surface area (Å²) in [5, 5.41) is 0.759. The van der Waals surface area contributed by atoms with E-state index in [1.165, 1.54) is 19.4 Å². The molecule has 0 aromatic heterocycles. The van der Waals surface area contributed by atoms with E-state index >= 15 is 0 Å². The second-order valence-electron chi connectivity index (χ2n) is 2.41. The molecule has 0 bridgehead atoms. The summed E-state index contributed by atoms with van der Waals surface area (Å²) in [6.45, 7) is 22.5. The molecule has 0 aliphatic rings. The van der Waals surface area contributed by atoms with Crippen molar-refractivity contribution in [1.82, 2.24) is 0 Å². The van der Waals surface area contributed by atoms with Gasteiger partial charge in [-0.25, -0.2) is 0 Å². The molecular weight excluding hydrogens is 495 g/mol. The van der Waals surface area contributed by atoms with Crippen LogP contribution in [0.5, 0.6) is 0 Å². The third-order valence-corrected chi connectivity index (χ3v) is 2.82. The molecule has 118 valence electrons. The molecule has 1 rings (SSSR count). The standard InChI is InChI=1S/C10H9ClO.5CO.W/c1-12-8-2-3-9-4-6-10(11)7-5-9;5*1-2;/h2-7H,1H3;;;;;;/b3-2+;;;;;;. The van der Waals surface area contributed by atoms with Crippen molar-refractivity contribution in [3.05, 3.63) is 74.2 Å². The molecule has 0 radical (unpaired) electrons. The maximum atomic E-state index is 7.50. The van der Waals surface area contributed by atoms with Crippen molar-refractivity contribution in [2.75, 3.05) is 7.11 Å². The van der Waals surface area contributed by atoms with E-state index in [1.54, 1.807) is 7.11 Å². The van der Waals surface area contributed by atoms with Crippen molar-refractivity contribution in [3.8, 4) is 0 Å². The van der Waals surface area contributed by atoms with Crippen molar-refractivity contribution in [3.63, 3.8) is 0 Å². The van der Waals surface area contributed by atoms with E-state index in [-0.39, 0.29) is 0 Å². The Labute approximate surface area is 150 Å². The molecular formula is C15H9ClO6W. The predicted molar refractivity (Wildman–Crippen MR) is 72.1 cm³/mol. The van der Waals surface area contributed by atoms with Crippen LogP contribution in [-0.2, 0) is 47.4 Å². The number of hydrogen-bond donors (Lipinski definition) is 0. The van der Waals surface area contributed by atoms with Crippen LogP contribution in [0.15, 0.2) is 30.3 Å². The van der Waals surface area contributed by atoms with Crippen LogP contribution >= 0.6 is 11.6 Å². The molecule has 1 aromatic rings. The molecule has 0 aliphatic carbocycles. The van der Waals surface area contributed by atoms with Gasteiger partial charge in [0.05, 0.1) is 0 Å². The van der Waals surface area contributed by atoms with Crippen LogP contribution in [0.2, 0.25) is 5.02 Å². The van der Waals surface area contributed by atoms with E-state index < -0.39 is 0 Å². The number of benzene rings is 1. The van der Waals surface area contributed by atoms with Gasteiger partial charge in [0.2, 0.25) is 0 Å². The summed E-state index contributed by atoms with van der Waals surface area (Å²) in [6, 6.07) is 7.68. The fourth-order valence-corrected chi connectivity index (χ4v) is 1.18. The summed E-state index contributed by atoms with van der Waals surface area (Å²) >= 11 is 7.07. The van der Waals surface area contributed by atoms with E-state index in [9.17, 15) is 0 Å². The van der Waals surface area contributed by atoms with E-state index in [1.807, 2.05) is 36.4 Å². The SMILES string of the molecule is CO[C](=[W])/C=C/c1ccc(Cl)cc1.[C-]#[O+].[C-]#[O+].[C-]#[O+].[C-]#[O+].[C-]#[O+]. The third kappa shape index (κ3) is 29.2. The third-order valence-electron chi connectivity index (χ3n) is 1.48. The number of rotatable bonds is 3. The van der Waals surface area contributed by atoms with Crippen LogP contribution < -0.4 is 0 Å². The van der Waals surface area contributed by atoms with Crippen molar-refractivity contribution in [1.29, 1.82) is 0 Å². The quantitative estimate of drug-likeness (QED) is 0.458. The van der Waals surface area contributed by atoms with Gasteiger partial charge in [0, 0.05) is 0 Å². The molecule has 23 heavy (non-hydrogen) atoms. The first-order chi connectivity index (χ1) is 11.2. The molecule has 0 saturated heterocycles. The van der Waals surface area contributed by atoms with E-state index in [0.717, 1.165) is 14.7 Å². The Hall–Kier alpha value is -1.53. The Kier molecular flexibility index (Phi) is 53.4. The Balaban J connectivity index is -0.0000000923. The van der Waals surface area contributed by atoms with Gasteiger partial charge in [0.15, 0.2) is 0 Å². The molecule has 0 N–H and O–H groups in total. The molecule has 0 fully saturated rings. The average molecular weight is 505 g/mol. The first kappa shape index (κ1) is 33.2. The second-order valence-corrected chi connectivity index (χ2v) is 4.29. The van der Waals surface area contributed by atoms with E-state index in [4.69, 9.17) is 39.6 Å². The summed E-state index contributed by atoms with van der Waals surface area (Å²) in [5.74, 6) is 0. The van der Waals surface area contributed by atoms with Gasteiger partial charge in [0.1, 0.15) is 0 Å². The first-order valence-electron chi connectivity index (χ1n) is 4.76. The molecule has 0 aliphatic heterocycles. The topological polar surface area (TPSA) is 109 Å². The fraction of sp³-hybridized carbons (Fsp3) is 0.0667. The second kappa shape index (κ2) is 37.1. The number of halogens is 1. The van der Waals surface area contributed by atoms with Crippen LogP contribution in [0.1, 0.15) is 5.56 Å². The fourth-order valence-electron chi connectivity index (χ4n) is 0.806. The van der Waals surface area contributed by atoms with Crippen molar-refractivity contribution < 1.29 is 47.4 Å². The van der Waals surface area contributed by atoms with Gasteiger partial charge < -0.3 is 0 Å². The van der Waals surface area contributed by atoms with Crippen LogP contribution in [-0.4, -0.2) is 11.2 Å². The van der Waals surface area contributed by atoms with Crippen molar-refractivity contribution >= 4 is 21.8 Å². The predicted octanol–water partition coefficient (Wildman–Crippen LogP) is 2.49. The summed E-state index contributed by atoms with van der Waals surface area (Å²) in [5.41, 5.74) is 1.13. The molecule has 1 aromatic carbocycles. The van der Waals surface area contributed by atoms with Crippen LogP contribution in [0.4, 0.5) is 0 Å². The molecule has 0 heterocycles. The van der Waals surface area contributed by atoms with Gasteiger partial charge in [-0.3, -0.25) is 0 Å². The molecule has 0 spiro atoms. The Morgan fingerprint density at radius 1 is 0.913 bits per heavy atom. The molecule has 0 amide bonds. The summed E-state index contributed by atoms with van der Waals surface area (Å²) in [4.78, 5) is 0. The summed E-state index contributed by atoms with van der Waals surface area (Å²) in [6.07, 6.45) is 3.96. The van der Waals surface area contributed by atoms with Gasteiger partial charge in [0.25, 0.3) is 0 Å². The number of hydrogen-bond acceptors (Lipinski definition) is 1. The zero-order valence-corrected chi connectivity index (χ0v) is 15.4. The Bertz CT molecular complexity index is 477. The number of ether oxygens (including phenoxy) is 1. The van der Waals surface area contributed by atoms with Crippen molar-refractivity contribution in [2.24, 2.45) is 0 Å². The van der Waals surface area contributed by atoms with E-state index in [2.05, 4.69) is 33.3 Å². The van der Waals surface area contributed by atoms with Crippen LogP contribution in [0.25, 0.3) is 6.08 Å². The van der Waals surface area contributed by atoms with Gasteiger partial charge in [-0.05, 0) is 0 Å². The molecule has 0 atom stereocenters. The molecule has 0 saturated carbocycles. The minimum absolute atomic E-state index is 0.759. The van der Waals surface area contributed by atoms with E-state index in [0.29, 0.717) is 0 Å². The minimum atomic E-state index is 0.759. The average Bonchev–Trinajstić information content (AvgIpc) is 2.69. The molecule has 6 nitrogen and oxygen atoms in total. The van der Waals surface area contributed by atoms with Gasteiger partial charge in [-0.15, -0.1) is 0 Å². The molecule has 8 heteroatoms. The summed E-state index contributed by atoms with van der Waals surface area (Å²) in [7, 11) is 1.68. The van der Waals surface area contributed by atoms with Crippen LogP contribution in [0, 0.1) is 33.3 Å². The normalized spacial score (nSPS) is 6.43. The van der Waals surface area contributed by atoms with Gasteiger partial charge in [-0.2, -0.15) is 0 Å². The Morgan fingerprint density at radius 2 is 1.26 bits per heavy atom. The van der Waals surface area contributed by atoms with Crippen LogP contribution in [0.3, 0.4) is 0 Å². The monoisotopic (exact) mass is 504 g/mol.